The molecule has 0 unspecified atom stereocenters. The van der Waals surface area contributed by atoms with Gasteiger partial charge in [-0.05, 0) is 13.3 Å². The predicted molar refractivity (Wildman–Crippen MR) is 55.3 cm³/mol. The molecule has 0 saturated carbocycles. The molecule has 2 N–H and O–H groups in total. The number of carbonyl (C=O) groups excluding carboxylic acids is 1. The lowest BCUT2D eigenvalue weighted by Gasteiger charge is -2.22. The summed E-state index contributed by atoms with van der Waals surface area (Å²) in [6.07, 6.45) is 3.42. The third-order valence-electron chi connectivity index (χ3n) is 1.96. The van der Waals surface area contributed by atoms with Gasteiger partial charge in [0.1, 0.15) is 0 Å². The number of likely N-dealkylation sites (N-methyl/N-ethyl adjacent to an activating group) is 1. The average molecular weight is 184 g/mol. The summed E-state index contributed by atoms with van der Waals surface area (Å²) in [5.41, 5.74) is 5.71. The first-order valence-corrected chi connectivity index (χ1v) is 4.82. The van der Waals surface area contributed by atoms with Crippen LogP contribution in [0.5, 0.6) is 0 Å². The maximum Gasteiger partial charge on any atom is 0.239 e. The van der Waals surface area contributed by atoms with Crippen LogP contribution in [0.2, 0.25) is 0 Å². The minimum Gasteiger partial charge on any atom is -0.338 e. The highest BCUT2D eigenvalue weighted by Gasteiger charge is 2.17. The zero-order chi connectivity index (χ0) is 10.3. The lowest BCUT2D eigenvalue weighted by molar-refractivity contribution is -0.132. The molecule has 0 saturated heterocycles. The highest BCUT2D eigenvalue weighted by atomic mass is 16.2. The van der Waals surface area contributed by atoms with Gasteiger partial charge in [0.2, 0.25) is 5.91 Å². The Morgan fingerprint density at radius 2 is 2.23 bits per heavy atom. The Morgan fingerprint density at radius 3 is 2.62 bits per heavy atom. The molecule has 0 aromatic rings. The fourth-order valence-electron chi connectivity index (χ4n) is 1.20. The number of hydrogen-bond donors (Lipinski definition) is 1. The van der Waals surface area contributed by atoms with Gasteiger partial charge in [-0.25, -0.2) is 0 Å². The molecule has 1 amide bonds. The van der Waals surface area contributed by atoms with Crippen LogP contribution < -0.4 is 5.73 Å². The summed E-state index contributed by atoms with van der Waals surface area (Å²) >= 11 is 0. The van der Waals surface area contributed by atoms with E-state index in [9.17, 15) is 4.79 Å². The van der Waals surface area contributed by atoms with Crippen molar-refractivity contribution >= 4 is 5.91 Å². The Bertz CT molecular complexity index is 168. The van der Waals surface area contributed by atoms with Crippen molar-refractivity contribution in [1.82, 2.24) is 4.90 Å². The van der Waals surface area contributed by atoms with Crippen LogP contribution >= 0.6 is 0 Å². The Labute approximate surface area is 80.6 Å². The summed E-state index contributed by atoms with van der Waals surface area (Å²) in [5.74, 6) is 0.0317. The molecule has 3 nitrogen and oxygen atoms in total. The van der Waals surface area contributed by atoms with Crippen molar-refractivity contribution in [2.24, 2.45) is 5.73 Å². The number of amides is 1. The van der Waals surface area contributed by atoms with Crippen LogP contribution in [-0.2, 0) is 4.79 Å². The monoisotopic (exact) mass is 184 g/mol. The number of nitrogens with zero attached hydrogens (tertiary/aromatic N) is 1. The summed E-state index contributed by atoms with van der Waals surface area (Å²) < 4.78 is 0. The minimum atomic E-state index is -0.343. The second kappa shape index (κ2) is 6.66. The van der Waals surface area contributed by atoms with Crippen molar-refractivity contribution in [3.8, 4) is 0 Å². The molecular formula is C10H20N2O. The quantitative estimate of drug-likeness (QED) is 0.629. The molecule has 0 aliphatic rings. The van der Waals surface area contributed by atoms with E-state index in [4.69, 9.17) is 5.73 Å². The lowest BCUT2D eigenvalue weighted by atomic mass is 10.1. The number of hydrogen-bond acceptors (Lipinski definition) is 2. The minimum absolute atomic E-state index is 0.0317. The fraction of sp³-hybridized carbons (Fsp3) is 0.700. The van der Waals surface area contributed by atoms with Crippen molar-refractivity contribution < 1.29 is 4.79 Å². The zero-order valence-corrected chi connectivity index (χ0v) is 8.62. The van der Waals surface area contributed by atoms with Gasteiger partial charge in [0, 0.05) is 13.1 Å². The van der Waals surface area contributed by atoms with Crippen LogP contribution in [0.25, 0.3) is 0 Å². The van der Waals surface area contributed by atoms with E-state index in [1.54, 1.807) is 11.0 Å². The van der Waals surface area contributed by atoms with Crippen LogP contribution in [0, 0.1) is 0 Å². The fourth-order valence-corrected chi connectivity index (χ4v) is 1.20. The highest BCUT2D eigenvalue weighted by Crippen LogP contribution is 1.99. The Hall–Kier alpha value is -0.830. The third-order valence-corrected chi connectivity index (χ3v) is 1.96. The van der Waals surface area contributed by atoms with Gasteiger partial charge in [-0.2, -0.15) is 0 Å². The SMILES string of the molecule is C=CCN(CC)C(=O)[C@@H](N)CCC. The van der Waals surface area contributed by atoms with E-state index in [0.717, 1.165) is 12.8 Å². The Morgan fingerprint density at radius 1 is 1.62 bits per heavy atom. The standard InChI is InChI=1S/C10H20N2O/c1-4-7-9(11)10(13)12(6-3)8-5-2/h5,9H,2,4,6-8,11H2,1,3H3/t9-/m0/s1. The summed E-state index contributed by atoms with van der Waals surface area (Å²) in [4.78, 5) is 13.3. The first-order chi connectivity index (χ1) is 6.17. The van der Waals surface area contributed by atoms with E-state index in [2.05, 4.69) is 6.58 Å². The molecule has 0 heterocycles. The summed E-state index contributed by atoms with van der Waals surface area (Å²) in [6, 6.07) is -0.343. The van der Waals surface area contributed by atoms with Gasteiger partial charge in [-0.1, -0.05) is 19.4 Å². The van der Waals surface area contributed by atoms with E-state index in [1.165, 1.54) is 0 Å². The molecule has 0 aliphatic heterocycles. The molecule has 76 valence electrons. The van der Waals surface area contributed by atoms with Crippen LogP contribution in [0.3, 0.4) is 0 Å². The molecule has 0 aromatic heterocycles. The van der Waals surface area contributed by atoms with Crippen molar-refractivity contribution in [3.63, 3.8) is 0 Å². The Balaban J connectivity index is 4.09. The number of rotatable bonds is 6. The highest BCUT2D eigenvalue weighted by molar-refractivity contribution is 5.81. The van der Waals surface area contributed by atoms with Crippen molar-refractivity contribution in [3.05, 3.63) is 12.7 Å². The topological polar surface area (TPSA) is 46.3 Å². The largest absolute Gasteiger partial charge is 0.338 e. The summed E-state index contributed by atoms with van der Waals surface area (Å²) in [7, 11) is 0. The molecule has 0 rings (SSSR count). The van der Waals surface area contributed by atoms with Crippen molar-refractivity contribution in [2.75, 3.05) is 13.1 Å². The van der Waals surface area contributed by atoms with Gasteiger partial charge in [0.05, 0.1) is 6.04 Å². The molecule has 0 spiro atoms. The van der Waals surface area contributed by atoms with Crippen LogP contribution in [0.4, 0.5) is 0 Å². The molecule has 0 bridgehead atoms. The van der Waals surface area contributed by atoms with E-state index >= 15 is 0 Å². The first kappa shape index (κ1) is 12.2. The second-order valence-corrected chi connectivity index (χ2v) is 3.06. The van der Waals surface area contributed by atoms with E-state index in [-0.39, 0.29) is 11.9 Å². The first-order valence-electron chi connectivity index (χ1n) is 4.82. The molecule has 3 heteroatoms. The molecule has 0 fully saturated rings. The molecule has 0 aliphatic carbocycles. The Kier molecular flexibility index (Phi) is 6.24. The second-order valence-electron chi connectivity index (χ2n) is 3.06. The van der Waals surface area contributed by atoms with Gasteiger partial charge in [0.25, 0.3) is 0 Å². The third kappa shape index (κ3) is 4.08. The number of carbonyl (C=O) groups is 1. The smallest absolute Gasteiger partial charge is 0.239 e. The van der Waals surface area contributed by atoms with Crippen molar-refractivity contribution in [2.45, 2.75) is 32.7 Å². The predicted octanol–water partition coefficient (Wildman–Crippen LogP) is 1.15. The maximum absolute atomic E-state index is 11.6. The molecule has 0 radical (unpaired) electrons. The van der Waals surface area contributed by atoms with Gasteiger partial charge < -0.3 is 10.6 Å². The van der Waals surface area contributed by atoms with Crippen LogP contribution in [0.1, 0.15) is 26.7 Å². The van der Waals surface area contributed by atoms with Gasteiger partial charge in [-0.15, -0.1) is 6.58 Å². The summed E-state index contributed by atoms with van der Waals surface area (Å²) in [5, 5.41) is 0. The normalized spacial score (nSPS) is 12.2. The maximum atomic E-state index is 11.6. The average Bonchev–Trinajstić information content (AvgIpc) is 2.13. The molecule has 0 aromatic carbocycles. The van der Waals surface area contributed by atoms with Crippen LogP contribution in [-0.4, -0.2) is 29.9 Å². The number of nitrogens with two attached hydrogens (primary N) is 1. The van der Waals surface area contributed by atoms with Gasteiger partial charge >= 0.3 is 0 Å². The summed E-state index contributed by atoms with van der Waals surface area (Å²) in [6.45, 7) is 8.86. The van der Waals surface area contributed by atoms with E-state index < -0.39 is 0 Å². The van der Waals surface area contributed by atoms with E-state index in [0.29, 0.717) is 13.1 Å². The zero-order valence-electron chi connectivity index (χ0n) is 8.62. The molecule has 13 heavy (non-hydrogen) atoms. The molecule has 1 atom stereocenters. The van der Waals surface area contributed by atoms with E-state index in [1.807, 2.05) is 13.8 Å². The molecular weight excluding hydrogens is 164 g/mol. The lowest BCUT2D eigenvalue weighted by Crippen LogP contribution is -2.43. The van der Waals surface area contributed by atoms with Gasteiger partial charge in [-0.3, -0.25) is 4.79 Å². The van der Waals surface area contributed by atoms with Crippen LogP contribution in [0.15, 0.2) is 12.7 Å². The van der Waals surface area contributed by atoms with Crippen molar-refractivity contribution in [1.29, 1.82) is 0 Å². The van der Waals surface area contributed by atoms with Gasteiger partial charge in [0.15, 0.2) is 0 Å².